The van der Waals surface area contributed by atoms with E-state index in [0.29, 0.717) is 25.8 Å². The highest BCUT2D eigenvalue weighted by atomic mass is 79.9. The van der Waals surface area contributed by atoms with Crippen molar-refractivity contribution in [3.63, 3.8) is 0 Å². The van der Waals surface area contributed by atoms with Crippen LogP contribution in [0.1, 0.15) is 24.1 Å². The number of carbonyl (C=O) groups is 2. The van der Waals surface area contributed by atoms with Gasteiger partial charge in [-0.2, -0.15) is 0 Å². The third-order valence-electron chi connectivity index (χ3n) is 3.52. The molecule has 0 unspecified atom stereocenters. The van der Waals surface area contributed by atoms with Crippen LogP contribution >= 0.6 is 27.3 Å². The first-order chi connectivity index (χ1) is 8.97. The Balaban J connectivity index is 1.91. The number of aliphatic carboxylic acids is 1. The van der Waals surface area contributed by atoms with Gasteiger partial charge >= 0.3 is 5.97 Å². The fraction of sp³-hybridized carbons (Fsp3) is 0.538. The summed E-state index contributed by atoms with van der Waals surface area (Å²) in [5.74, 6) is -1.19. The molecular formula is C13H16BrNO3S. The van der Waals surface area contributed by atoms with Gasteiger partial charge in [-0.1, -0.05) is 0 Å². The van der Waals surface area contributed by atoms with E-state index in [-0.39, 0.29) is 17.7 Å². The molecule has 1 N–H and O–H groups in total. The highest BCUT2D eigenvalue weighted by molar-refractivity contribution is 9.10. The zero-order valence-electron chi connectivity index (χ0n) is 10.6. The van der Waals surface area contributed by atoms with E-state index in [9.17, 15) is 9.59 Å². The SMILES string of the molecule is CN(Cc1cc(Br)cs1)C(=O)[C@@H]1CC[C@H](C(=O)O)C1. The van der Waals surface area contributed by atoms with Gasteiger partial charge in [-0.25, -0.2) is 0 Å². The van der Waals surface area contributed by atoms with E-state index in [1.807, 2.05) is 11.4 Å². The van der Waals surface area contributed by atoms with Gasteiger partial charge in [0.1, 0.15) is 0 Å². The van der Waals surface area contributed by atoms with E-state index in [1.165, 1.54) is 0 Å². The van der Waals surface area contributed by atoms with E-state index in [0.717, 1.165) is 9.35 Å². The Morgan fingerprint density at radius 1 is 1.47 bits per heavy atom. The maximum atomic E-state index is 12.3. The van der Waals surface area contributed by atoms with Crippen molar-refractivity contribution in [2.45, 2.75) is 25.8 Å². The molecule has 1 fully saturated rings. The topological polar surface area (TPSA) is 57.6 Å². The number of carbonyl (C=O) groups excluding carboxylic acids is 1. The van der Waals surface area contributed by atoms with Crippen LogP contribution in [0.5, 0.6) is 0 Å². The van der Waals surface area contributed by atoms with E-state index < -0.39 is 5.97 Å². The average Bonchev–Trinajstić information content (AvgIpc) is 2.97. The van der Waals surface area contributed by atoms with Crippen molar-refractivity contribution in [2.75, 3.05) is 7.05 Å². The van der Waals surface area contributed by atoms with Gasteiger partial charge in [-0.3, -0.25) is 9.59 Å². The third-order valence-corrected chi connectivity index (χ3v) is 5.20. The number of carboxylic acid groups (broad SMARTS) is 1. The van der Waals surface area contributed by atoms with Crippen LogP contribution in [0.25, 0.3) is 0 Å². The lowest BCUT2D eigenvalue weighted by atomic mass is 10.0. The van der Waals surface area contributed by atoms with Gasteiger partial charge in [0, 0.05) is 27.7 Å². The first-order valence-electron chi connectivity index (χ1n) is 6.18. The monoisotopic (exact) mass is 345 g/mol. The van der Waals surface area contributed by atoms with Gasteiger partial charge in [0.05, 0.1) is 12.5 Å². The molecule has 0 spiro atoms. The van der Waals surface area contributed by atoms with Crippen molar-refractivity contribution in [1.29, 1.82) is 0 Å². The molecule has 2 atom stereocenters. The lowest BCUT2D eigenvalue weighted by molar-refractivity contribution is -0.141. The van der Waals surface area contributed by atoms with Crippen LogP contribution in [-0.4, -0.2) is 28.9 Å². The highest BCUT2D eigenvalue weighted by Gasteiger charge is 2.35. The first-order valence-corrected chi connectivity index (χ1v) is 7.85. The predicted molar refractivity (Wildman–Crippen MR) is 77.0 cm³/mol. The number of hydrogen-bond donors (Lipinski definition) is 1. The lowest BCUT2D eigenvalue weighted by Gasteiger charge is -2.20. The molecule has 1 heterocycles. The molecule has 0 bridgehead atoms. The minimum absolute atomic E-state index is 0.0632. The summed E-state index contributed by atoms with van der Waals surface area (Å²) in [5.41, 5.74) is 0. The molecule has 1 aromatic rings. The molecule has 0 aliphatic heterocycles. The summed E-state index contributed by atoms with van der Waals surface area (Å²) in [7, 11) is 1.78. The van der Waals surface area contributed by atoms with E-state index >= 15 is 0 Å². The van der Waals surface area contributed by atoms with Crippen molar-refractivity contribution in [1.82, 2.24) is 4.90 Å². The smallest absolute Gasteiger partial charge is 0.306 e. The van der Waals surface area contributed by atoms with Crippen LogP contribution in [0.3, 0.4) is 0 Å². The molecule has 19 heavy (non-hydrogen) atoms. The Bertz CT molecular complexity index is 488. The number of nitrogens with zero attached hydrogens (tertiary/aromatic N) is 1. The van der Waals surface area contributed by atoms with Crippen molar-refractivity contribution in [2.24, 2.45) is 11.8 Å². The van der Waals surface area contributed by atoms with Crippen molar-refractivity contribution in [3.05, 3.63) is 20.8 Å². The summed E-state index contributed by atoms with van der Waals surface area (Å²) >= 11 is 5.00. The minimum Gasteiger partial charge on any atom is -0.481 e. The second-order valence-corrected chi connectivity index (χ2v) is 6.88. The van der Waals surface area contributed by atoms with E-state index in [1.54, 1.807) is 23.3 Å². The summed E-state index contributed by atoms with van der Waals surface area (Å²) in [6.45, 7) is 0.587. The van der Waals surface area contributed by atoms with Crippen LogP contribution in [0.2, 0.25) is 0 Å². The molecule has 1 aliphatic carbocycles. The van der Waals surface area contributed by atoms with Crippen molar-refractivity contribution >= 4 is 39.1 Å². The fourth-order valence-corrected chi connectivity index (χ4v) is 3.99. The zero-order valence-corrected chi connectivity index (χ0v) is 13.0. The minimum atomic E-state index is -0.778. The molecule has 104 valence electrons. The summed E-state index contributed by atoms with van der Waals surface area (Å²) < 4.78 is 1.03. The molecular weight excluding hydrogens is 330 g/mol. The molecule has 1 aliphatic rings. The summed E-state index contributed by atoms with van der Waals surface area (Å²) in [6.07, 6.45) is 1.78. The second-order valence-electron chi connectivity index (χ2n) is 4.97. The number of carboxylic acids is 1. The largest absolute Gasteiger partial charge is 0.481 e. The molecule has 4 nitrogen and oxygen atoms in total. The van der Waals surface area contributed by atoms with E-state index in [2.05, 4.69) is 15.9 Å². The van der Waals surface area contributed by atoms with E-state index in [4.69, 9.17) is 5.11 Å². The number of hydrogen-bond acceptors (Lipinski definition) is 3. The van der Waals surface area contributed by atoms with Crippen molar-refractivity contribution < 1.29 is 14.7 Å². The Morgan fingerprint density at radius 2 is 2.16 bits per heavy atom. The van der Waals surface area contributed by atoms with Crippen molar-refractivity contribution in [3.8, 4) is 0 Å². The summed E-state index contributed by atoms with van der Waals surface area (Å²) in [5, 5.41) is 11.0. The predicted octanol–water partition coefficient (Wildman–Crippen LogP) is 2.97. The van der Waals surface area contributed by atoms with Gasteiger partial charge in [0.25, 0.3) is 0 Å². The van der Waals surface area contributed by atoms with Crippen LogP contribution in [-0.2, 0) is 16.1 Å². The molecule has 1 amide bonds. The third kappa shape index (κ3) is 3.57. The average molecular weight is 346 g/mol. The van der Waals surface area contributed by atoms with Gasteiger partial charge in [0.2, 0.25) is 5.91 Å². The maximum absolute atomic E-state index is 12.3. The molecule has 6 heteroatoms. The second kappa shape index (κ2) is 6.05. The molecule has 1 aromatic heterocycles. The summed E-state index contributed by atoms with van der Waals surface area (Å²) in [6, 6.07) is 2.00. The highest BCUT2D eigenvalue weighted by Crippen LogP contribution is 2.32. The van der Waals surface area contributed by atoms with Gasteiger partial charge in [-0.05, 0) is 41.3 Å². The first kappa shape index (κ1) is 14.5. The Labute approximate surface area is 124 Å². The molecule has 0 radical (unpaired) electrons. The standard InChI is InChI=1S/C13H16BrNO3S/c1-15(6-11-5-10(14)7-19-11)12(16)8-2-3-9(4-8)13(17)18/h5,7-9H,2-4,6H2,1H3,(H,17,18)/t8-,9+/m1/s1. The maximum Gasteiger partial charge on any atom is 0.306 e. The quantitative estimate of drug-likeness (QED) is 0.912. The van der Waals surface area contributed by atoms with Crippen LogP contribution in [0.15, 0.2) is 15.9 Å². The van der Waals surface area contributed by atoms with Gasteiger partial charge < -0.3 is 10.0 Å². The van der Waals surface area contributed by atoms with Gasteiger partial charge in [0.15, 0.2) is 0 Å². The Kier molecular flexibility index (Phi) is 4.62. The normalized spacial score (nSPS) is 22.4. The van der Waals surface area contributed by atoms with Gasteiger partial charge in [-0.15, -0.1) is 11.3 Å². The van der Waals surface area contributed by atoms with Crippen LogP contribution in [0.4, 0.5) is 0 Å². The Morgan fingerprint density at radius 3 is 2.68 bits per heavy atom. The number of amides is 1. The lowest BCUT2D eigenvalue weighted by Crippen LogP contribution is -2.31. The molecule has 1 saturated carbocycles. The fourth-order valence-electron chi connectivity index (χ4n) is 2.49. The zero-order chi connectivity index (χ0) is 14.0. The summed E-state index contributed by atoms with van der Waals surface area (Å²) in [4.78, 5) is 26.0. The number of rotatable bonds is 4. The Hall–Kier alpha value is -0.880. The van der Waals surface area contributed by atoms with Crippen LogP contribution < -0.4 is 0 Å². The number of thiophene rings is 1. The molecule has 0 saturated heterocycles. The molecule has 2 rings (SSSR count). The number of halogens is 1. The van der Waals surface area contributed by atoms with Crippen LogP contribution in [0, 0.1) is 11.8 Å². The molecule has 0 aromatic carbocycles.